The Morgan fingerprint density at radius 3 is 1.67 bits per heavy atom. The second kappa shape index (κ2) is 5.63. The Morgan fingerprint density at radius 2 is 1.28 bits per heavy atom. The van der Waals surface area contributed by atoms with Crippen LogP contribution in [0.1, 0.15) is 11.1 Å². The van der Waals surface area contributed by atoms with Crippen molar-refractivity contribution in [2.24, 2.45) is 11.5 Å². The molecular formula is C16H18N2. The normalized spacial score (nSPS) is 11.9. The molecule has 0 amide bonds. The van der Waals surface area contributed by atoms with Crippen molar-refractivity contribution >= 4 is 0 Å². The van der Waals surface area contributed by atoms with Crippen LogP contribution in [0.3, 0.4) is 0 Å². The van der Waals surface area contributed by atoms with E-state index in [4.69, 9.17) is 11.5 Å². The number of hydrogen-bond acceptors (Lipinski definition) is 2. The van der Waals surface area contributed by atoms with Gasteiger partial charge in [-0.15, -0.1) is 0 Å². The summed E-state index contributed by atoms with van der Waals surface area (Å²) >= 11 is 0. The largest absolute Gasteiger partial charge is 0.327 e. The van der Waals surface area contributed by atoms with Crippen LogP contribution >= 0.6 is 0 Å². The molecule has 18 heavy (non-hydrogen) atoms. The first-order chi connectivity index (χ1) is 8.77. The molecule has 0 heterocycles. The Bertz CT molecular complexity index is 464. The van der Waals surface area contributed by atoms with Crippen molar-refractivity contribution in [3.8, 4) is 0 Å². The predicted octanol–water partition coefficient (Wildman–Crippen LogP) is 2.40. The van der Waals surface area contributed by atoms with Crippen molar-refractivity contribution in [2.75, 3.05) is 6.54 Å². The number of hydrogen-bond donors (Lipinski definition) is 2. The van der Waals surface area contributed by atoms with Gasteiger partial charge in [-0.2, -0.15) is 0 Å². The van der Waals surface area contributed by atoms with Crippen molar-refractivity contribution in [3.05, 3.63) is 83.9 Å². The van der Waals surface area contributed by atoms with Gasteiger partial charge in [0.15, 0.2) is 0 Å². The number of rotatable bonds is 4. The first-order valence-electron chi connectivity index (χ1n) is 6.05. The molecule has 4 N–H and O–H groups in total. The van der Waals surface area contributed by atoms with Gasteiger partial charge in [0.05, 0.1) is 5.54 Å². The molecule has 2 aromatic rings. The van der Waals surface area contributed by atoms with Gasteiger partial charge in [-0.25, -0.2) is 0 Å². The highest BCUT2D eigenvalue weighted by Crippen LogP contribution is 2.28. The summed E-state index contributed by atoms with van der Waals surface area (Å²) in [6.45, 7) is 0.485. The zero-order chi connectivity index (χ0) is 12.8. The lowest BCUT2D eigenvalue weighted by Crippen LogP contribution is -2.35. The topological polar surface area (TPSA) is 52.0 Å². The lowest BCUT2D eigenvalue weighted by Gasteiger charge is -2.27. The van der Waals surface area contributed by atoms with Gasteiger partial charge in [0.25, 0.3) is 0 Å². The summed E-state index contributed by atoms with van der Waals surface area (Å²) < 4.78 is 0. The Hall–Kier alpha value is -1.90. The smallest absolute Gasteiger partial charge is 0.0853 e. The molecule has 2 rings (SSSR count). The van der Waals surface area contributed by atoms with Crippen molar-refractivity contribution in [2.45, 2.75) is 5.54 Å². The van der Waals surface area contributed by atoms with Crippen LogP contribution in [0, 0.1) is 0 Å². The standard InChI is InChI=1S/C16H18N2/c17-13-7-12-16(18,14-8-3-1-4-9-14)15-10-5-2-6-11-15/h1-12H,13,17-18H2. The summed E-state index contributed by atoms with van der Waals surface area (Å²) in [5.41, 5.74) is 13.6. The highest BCUT2D eigenvalue weighted by molar-refractivity contribution is 5.42. The first kappa shape index (κ1) is 12.6. The molecule has 0 saturated heterocycles. The molecule has 0 fully saturated rings. The van der Waals surface area contributed by atoms with E-state index in [1.165, 1.54) is 0 Å². The lowest BCUT2D eigenvalue weighted by molar-refractivity contribution is 0.679. The van der Waals surface area contributed by atoms with Gasteiger partial charge in [0.2, 0.25) is 0 Å². The molecule has 2 heteroatoms. The molecule has 0 radical (unpaired) electrons. The molecule has 0 unspecified atom stereocenters. The minimum atomic E-state index is -0.623. The molecule has 0 aliphatic heterocycles. The minimum absolute atomic E-state index is 0.485. The SMILES string of the molecule is NCC=CC(N)(c1ccccc1)c1ccccc1. The van der Waals surface area contributed by atoms with E-state index >= 15 is 0 Å². The quantitative estimate of drug-likeness (QED) is 0.804. The van der Waals surface area contributed by atoms with Crippen LogP contribution in [0.4, 0.5) is 0 Å². The zero-order valence-corrected chi connectivity index (χ0v) is 10.3. The summed E-state index contributed by atoms with van der Waals surface area (Å²) in [6, 6.07) is 20.1. The van der Waals surface area contributed by atoms with Crippen LogP contribution in [-0.4, -0.2) is 6.54 Å². The molecule has 92 valence electrons. The average Bonchev–Trinajstić information content (AvgIpc) is 2.46. The summed E-state index contributed by atoms with van der Waals surface area (Å²) in [6.07, 6.45) is 3.87. The number of nitrogens with two attached hydrogens (primary N) is 2. The fourth-order valence-electron chi connectivity index (χ4n) is 2.04. The summed E-state index contributed by atoms with van der Waals surface area (Å²) in [4.78, 5) is 0. The molecule has 0 aliphatic carbocycles. The van der Waals surface area contributed by atoms with Crippen LogP contribution in [0.15, 0.2) is 72.8 Å². The van der Waals surface area contributed by atoms with Crippen LogP contribution in [0.5, 0.6) is 0 Å². The summed E-state index contributed by atoms with van der Waals surface area (Å²) in [7, 11) is 0. The van der Waals surface area contributed by atoms with Crippen molar-refractivity contribution in [3.63, 3.8) is 0 Å². The molecular weight excluding hydrogens is 220 g/mol. The van der Waals surface area contributed by atoms with E-state index in [0.717, 1.165) is 11.1 Å². The second-order valence-corrected chi connectivity index (χ2v) is 4.24. The Balaban J connectivity index is 2.51. The Morgan fingerprint density at radius 1 is 0.833 bits per heavy atom. The van der Waals surface area contributed by atoms with Gasteiger partial charge < -0.3 is 11.5 Å². The van der Waals surface area contributed by atoms with Crippen LogP contribution in [0.25, 0.3) is 0 Å². The highest BCUT2D eigenvalue weighted by Gasteiger charge is 2.25. The average molecular weight is 238 g/mol. The van der Waals surface area contributed by atoms with E-state index in [1.54, 1.807) is 0 Å². The monoisotopic (exact) mass is 238 g/mol. The van der Waals surface area contributed by atoms with Crippen LogP contribution in [0.2, 0.25) is 0 Å². The van der Waals surface area contributed by atoms with Crippen molar-refractivity contribution in [1.82, 2.24) is 0 Å². The molecule has 2 aromatic carbocycles. The van der Waals surface area contributed by atoms with Crippen LogP contribution in [-0.2, 0) is 5.54 Å². The highest BCUT2D eigenvalue weighted by atomic mass is 14.7. The van der Waals surface area contributed by atoms with Gasteiger partial charge in [-0.3, -0.25) is 0 Å². The van der Waals surface area contributed by atoms with Crippen molar-refractivity contribution in [1.29, 1.82) is 0 Å². The molecule has 2 nitrogen and oxygen atoms in total. The molecule has 0 bridgehead atoms. The molecule has 0 saturated carbocycles. The van der Waals surface area contributed by atoms with E-state index in [1.807, 2.05) is 72.8 Å². The predicted molar refractivity (Wildman–Crippen MR) is 76.0 cm³/mol. The van der Waals surface area contributed by atoms with Gasteiger partial charge in [-0.05, 0) is 11.1 Å². The maximum absolute atomic E-state index is 6.58. The first-order valence-corrected chi connectivity index (χ1v) is 6.05. The van der Waals surface area contributed by atoms with E-state index in [9.17, 15) is 0 Å². The third kappa shape index (κ3) is 2.50. The van der Waals surface area contributed by atoms with Gasteiger partial charge >= 0.3 is 0 Å². The lowest BCUT2D eigenvalue weighted by atomic mass is 9.83. The third-order valence-electron chi connectivity index (χ3n) is 3.02. The van der Waals surface area contributed by atoms with E-state index in [2.05, 4.69) is 0 Å². The zero-order valence-electron chi connectivity index (χ0n) is 10.3. The van der Waals surface area contributed by atoms with E-state index < -0.39 is 5.54 Å². The Labute approximate surface area is 108 Å². The second-order valence-electron chi connectivity index (χ2n) is 4.24. The minimum Gasteiger partial charge on any atom is -0.327 e. The summed E-state index contributed by atoms with van der Waals surface area (Å²) in [5.74, 6) is 0. The van der Waals surface area contributed by atoms with Crippen molar-refractivity contribution < 1.29 is 0 Å². The molecule has 0 spiro atoms. The fraction of sp³-hybridized carbons (Fsp3) is 0.125. The van der Waals surface area contributed by atoms with Gasteiger partial charge in [-0.1, -0.05) is 72.8 Å². The molecule has 0 atom stereocenters. The van der Waals surface area contributed by atoms with E-state index in [-0.39, 0.29) is 0 Å². The molecule has 0 aromatic heterocycles. The van der Waals surface area contributed by atoms with Crippen LogP contribution < -0.4 is 11.5 Å². The summed E-state index contributed by atoms with van der Waals surface area (Å²) in [5, 5.41) is 0. The fourth-order valence-corrected chi connectivity index (χ4v) is 2.04. The third-order valence-corrected chi connectivity index (χ3v) is 3.02. The van der Waals surface area contributed by atoms with E-state index in [0.29, 0.717) is 6.54 Å². The maximum Gasteiger partial charge on any atom is 0.0853 e. The van der Waals surface area contributed by atoms with Gasteiger partial charge in [0, 0.05) is 6.54 Å². The van der Waals surface area contributed by atoms with Gasteiger partial charge in [0.1, 0.15) is 0 Å². The maximum atomic E-state index is 6.58. The number of benzene rings is 2. The molecule has 0 aliphatic rings. The Kier molecular flexibility index (Phi) is 3.92.